The highest BCUT2D eigenvalue weighted by Gasteiger charge is 2.42. The zero-order valence-electron chi connectivity index (χ0n) is 14.9. The second-order valence-corrected chi connectivity index (χ2v) is 6.50. The minimum absolute atomic E-state index is 0.179. The molecule has 1 N–H and O–H groups in total. The van der Waals surface area contributed by atoms with Crippen LogP contribution in [0.5, 0.6) is 5.75 Å². The van der Waals surface area contributed by atoms with Crippen molar-refractivity contribution in [2.24, 2.45) is 5.92 Å². The van der Waals surface area contributed by atoms with Crippen LogP contribution in [0.15, 0.2) is 18.2 Å². The lowest BCUT2D eigenvalue weighted by Gasteiger charge is -2.38. The van der Waals surface area contributed by atoms with Crippen molar-refractivity contribution < 1.29 is 19.1 Å². The van der Waals surface area contributed by atoms with Gasteiger partial charge in [0.1, 0.15) is 17.4 Å². The number of esters is 1. The molecule has 0 radical (unpaired) electrons. The zero-order valence-corrected chi connectivity index (χ0v) is 14.9. The van der Waals surface area contributed by atoms with Gasteiger partial charge in [-0.05, 0) is 50.3 Å². The van der Waals surface area contributed by atoms with Crippen LogP contribution < -0.4 is 10.1 Å². The quantitative estimate of drug-likeness (QED) is 0.653. The molecule has 1 aliphatic carbocycles. The maximum Gasteiger partial charge on any atom is 0.308 e. The van der Waals surface area contributed by atoms with E-state index in [4.69, 9.17) is 9.47 Å². The summed E-state index contributed by atoms with van der Waals surface area (Å²) in [5.41, 5.74) is -0.154. The second-order valence-electron chi connectivity index (χ2n) is 6.50. The molecule has 6 heteroatoms. The molecule has 0 saturated heterocycles. The van der Waals surface area contributed by atoms with Crippen molar-refractivity contribution >= 4 is 17.6 Å². The van der Waals surface area contributed by atoms with Crippen LogP contribution in [-0.4, -0.2) is 24.1 Å². The molecule has 2 atom stereocenters. The van der Waals surface area contributed by atoms with Crippen molar-refractivity contribution in [1.82, 2.24) is 0 Å². The average Bonchev–Trinajstić information content (AvgIpc) is 2.56. The lowest BCUT2D eigenvalue weighted by atomic mass is 9.78. The van der Waals surface area contributed by atoms with Crippen LogP contribution in [0.3, 0.4) is 0 Å². The zero-order chi connectivity index (χ0) is 18.4. The molecule has 1 amide bonds. The van der Waals surface area contributed by atoms with Gasteiger partial charge in [-0.3, -0.25) is 9.59 Å². The van der Waals surface area contributed by atoms with Gasteiger partial charge < -0.3 is 14.8 Å². The highest BCUT2D eigenvalue weighted by Crippen LogP contribution is 2.36. The van der Waals surface area contributed by atoms with Gasteiger partial charge in [-0.1, -0.05) is 13.3 Å². The summed E-state index contributed by atoms with van der Waals surface area (Å²) in [6.07, 6.45) is 3.41. The molecule has 1 aromatic rings. The van der Waals surface area contributed by atoms with Crippen molar-refractivity contribution in [1.29, 1.82) is 5.26 Å². The number of hydrogen-bond acceptors (Lipinski definition) is 5. The first-order valence-corrected chi connectivity index (χ1v) is 8.58. The number of nitriles is 1. The summed E-state index contributed by atoms with van der Waals surface area (Å²) in [6.45, 7) is 5.75. The van der Waals surface area contributed by atoms with Gasteiger partial charge in [-0.2, -0.15) is 5.26 Å². The monoisotopic (exact) mass is 344 g/mol. The third-order valence-corrected chi connectivity index (χ3v) is 4.40. The van der Waals surface area contributed by atoms with Crippen LogP contribution in [0, 0.1) is 17.2 Å². The van der Waals surface area contributed by atoms with Crippen molar-refractivity contribution in [2.45, 2.75) is 52.1 Å². The molecule has 1 aliphatic rings. The summed E-state index contributed by atoms with van der Waals surface area (Å²) in [4.78, 5) is 24.0. The highest BCUT2D eigenvalue weighted by molar-refractivity contribution is 5.97. The number of carbonyl (C=O) groups excluding carboxylic acids is 2. The minimum atomic E-state index is -0.826. The highest BCUT2D eigenvalue weighted by atomic mass is 16.5. The molecule has 6 nitrogen and oxygen atoms in total. The molecule has 0 aliphatic heterocycles. The average molecular weight is 344 g/mol. The molecule has 0 aromatic heterocycles. The molecule has 0 spiro atoms. The standard InChI is InChI=1S/C19H24N2O4/c1-4-24-19(9-5-6-13(2)11-19)18(23)21-16-7-8-17(25-14(3)22)15(10-16)12-20/h7-8,10,13H,4-6,9,11H2,1-3H3,(H,21,23)/t13-,19+/m1/s1. The Kier molecular flexibility index (Phi) is 6.16. The number of anilines is 1. The molecule has 1 saturated carbocycles. The Morgan fingerprint density at radius 3 is 2.80 bits per heavy atom. The number of rotatable bonds is 5. The van der Waals surface area contributed by atoms with E-state index < -0.39 is 11.6 Å². The molecule has 25 heavy (non-hydrogen) atoms. The van der Waals surface area contributed by atoms with Gasteiger partial charge in [0, 0.05) is 19.2 Å². The predicted octanol–water partition coefficient (Wildman–Crippen LogP) is 3.41. The maximum atomic E-state index is 12.9. The third-order valence-electron chi connectivity index (χ3n) is 4.40. The first-order valence-electron chi connectivity index (χ1n) is 8.58. The summed E-state index contributed by atoms with van der Waals surface area (Å²) < 4.78 is 10.8. The normalized spacial score (nSPS) is 22.7. The SMILES string of the molecule is CCO[C@@]1(C(=O)Nc2ccc(OC(C)=O)c(C#N)c2)CCC[C@@H](C)C1. The predicted molar refractivity (Wildman–Crippen MR) is 93.1 cm³/mol. The number of nitrogens with one attached hydrogen (secondary N) is 1. The molecular formula is C19H24N2O4. The number of ether oxygens (including phenoxy) is 2. The number of carbonyl (C=O) groups is 2. The molecular weight excluding hydrogens is 320 g/mol. The summed E-state index contributed by atoms with van der Waals surface area (Å²) >= 11 is 0. The Morgan fingerprint density at radius 1 is 1.44 bits per heavy atom. The fourth-order valence-corrected chi connectivity index (χ4v) is 3.37. The van der Waals surface area contributed by atoms with E-state index in [2.05, 4.69) is 12.2 Å². The van der Waals surface area contributed by atoms with Gasteiger partial charge in [0.25, 0.3) is 5.91 Å². The van der Waals surface area contributed by atoms with Crippen LogP contribution in [-0.2, 0) is 14.3 Å². The van der Waals surface area contributed by atoms with E-state index in [1.807, 2.05) is 13.0 Å². The number of hydrogen-bond donors (Lipinski definition) is 1. The lowest BCUT2D eigenvalue weighted by Crippen LogP contribution is -2.48. The van der Waals surface area contributed by atoms with Gasteiger partial charge in [0.15, 0.2) is 0 Å². The molecule has 2 rings (SSSR count). The summed E-state index contributed by atoms with van der Waals surface area (Å²) in [7, 11) is 0. The van der Waals surface area contributed by atoms with E-state index in [9.17, 15) is 14.9 Å². The van der Waals surface area contributed by atoms with Crippen LogP contribution in [0.2, 0.25) is 0 Å². The molecule has 0 heterocycles. The van der Waals surface area contributed by atoms with Gasteiger partial charge >= 0.3 is 5.97 Å². The van der Waals surface area contributed by atoms with Crippen LogP contribution in [0.1, 0.15) is 52.0 Å². The van der Waals surface area contributed by atoms with E-state index in [1.54, 1.807) is 6.07 Å². The van der Waals surface area contributed by atoms with Crippen molar-refractivity contribution in [2.75, 3.05) is 11.9 Å². The second kappa shape index (κ2) is 8.13. The van der Waals surface area contributed by atoms with Crippen LogP contribution in [0.25, 0.3) is 0 Å². The maximum absolute atomic E-state index is 12.9. The van der Waals surface area contributed by atoms with E-state index in [0.717, 1.165) is 12.8 Å². The van der Waals surface area contributed by atoms with E-state index >= 15 is 0 Å². The van der Waals surface area contributed by atoms with Gasteiger partial charge in [0.05, 0.1) is 5.56 Å². The Labute approximate surface area is 148 Å². The first-order chi connectivity index (χ1) is 11.9. The van der Waals surface area contributed by atoms with Crippen molar-refractivity contribution in [3.05, 3.63) is 23.8 Å². The fraction of sp³-hybridized carbons (Fsp3) is 0.526. The molecule has 0 bridgehead atoms. The Bertz CT molecular complexity index is 691. The Hall–Kier alpha value is -2.39. The summed E-state index contributed by atoms with van der Waals surface area (Å²) in [5, 5.41) is 12.1. The van der Waals surface area contributed by atoms with Crippen LogP contribution in [0.4, 0.5) is 5.69 Å². The van der Waals surface area contributed by atoms with Crippen molar-refractivity contribution in [3.63, 3.8) is 0 Å². The number of amides is 1. The third kappa shape index (κ3) is 4.58. The summed E-state index contributed by atoms with van der Waals surface area (Å²) in [6, 6.07) is 6.60. The van der Waals surface area contributed by atoms with Gasteiger partial charge in [-0.25, -0.2) is 0 Å². The molecule has 1 aromatic carbocycles. The largest absolute Gasteiger partial charge is 0.425 e. The van der Waals surface area contributed by atoms with E-state index in [0.29, 0.717) is 31.1 Å². The Balaban J connectivity index is 2.21. The fourth-order valence-electron chi connectivity index (χ4n) is 3.37. The topological polar surface area (TPSA) is 88.4 Å². The van der Waals surface area contributed by atoms with E-state index in [1.165, 1.54) is 19.1 Å². The van der Waals surface area contributed by atoms with Crippen molar-refractivity contribution in [3.8, 4) is 11.8 Å². The Morgan fingerprint density at radius 2 is 2.20 bits per heavy atom. The minimum Gasteiger partial charge on any atom is -0.425 e. The molecule has 134 valence electrons. The summed E-state index contributed by atoms with van der Waals surface area (Å²) in [5.74, 6) is -0.0873. The number of benzene rings is 1. The van der Waals surface area contributed by atoms with Crippen LogP contribution >= 0.6 is 0 Å². The smallest absolute Gasteiger partial charge is 0.308 e. The first kappa shape index (κ1) is 18.9. The van der Waals surface area contributed by atoms with Gasteiger partial charge in [-0.15, -0.1) is 0 Å². The van der Waals surface area contributed by atoms with E-state index in [-0.39, 0.29) is 17.2 Å². The number of nitrogens with zero attached hydrogens (tertiary/aromatic N) is 1. The molecule has 0 unspecified atom stereocenters. The van der Waals surface area contributed by atoms with Gasteiger partial charge in [0.2, 0.25) is 0 Å². The molecule has 1 fully saturated rings. The lowest BCUT2D eigenvalue weighted by molar-refractivity contribution is -0.147.